The van der Waals surface area contributed by atoms with E-state index in [9.17, 15) is 4.79 Å². The molecule has 3 atom stereocenters. The number of carbonyl (C=O) groups is 1. The molecule has 1 aliphatic carbocycles. The molecule has 5 nitrogen and oxygen atoms in total. The van der Waals surface area contributed by atoms with Crippen LogP contribution in [0.5, 0.6) is 0 Å². The van der Waals surface area contributed by atoms with Crippen LogP contribution in [0.25, 0.3) is 0 Å². The monoisotopic (exact) mass is 290 g/mol. The number of anilines is 1. The molecule has 116 valence electrons. The molecule has 0 saturated heterocycles. The van der Waals surface area contributed by atoms with Crippen molar-refractivity contribution >= 4 is 11.7 Å². The maximum absolute atomic E-state index is 12.5. The number of aryl methyl sites for hydroxylation is 1. The first kappa shape index (κ1) is 15.8. The van der Waals surface area contributed by atoms with E-state index in [2.05, 4.69) is 29.6 Å². The second-order valence-electron chi connectivity index (χ2n) is 6.08. The molecule has 1 aromatic rings. The van der Waals surface area contributed by atoms with E-state index in [1.807, 2.05) is 13.0 Å². The first-order valence-electron chi connectivity index (χ1n) is 7.83. The van der Waals surface area contributed by atoms with Crippen LogP contribution in [0.15, 0.2) is 12.1 Å². The van der Waals surface area contributed by atoms with Crippen LogP contribution in [0.2, 0.25) is 0 Å². The Morgan fingerprint density at radius 3 is 2.81 bits per heavy atom. The highest BCUT2D eigenvalue weighted by atomic mass is 16.1. The van der Waals surface area contributed by atoms with Crippen molar-refractivity contribution in [1.82, 2.24) is 10.3 Å². The molecule has 21 heavy (non-hydrogen) atoms. The number of pyridine rings is 1. The van der Waals surface area contributed by atoms with Crippen LogP contribution in [-0.2, 0) is 6.42 Å². The van der Waals surface area contributed by atoms with Crippen LogP contribution in [0.1, 0.15) is 56.1 Å². The lowest BCUT2D eigenvalue weighted by atomic mass is 9.78. The van der Waals surface area contributed by atoms with Gasteiger partial charge < -0.3 is 10.7 Å². The number of nitrogens with two attached hydrogens (primary N) is 1. The van der Waals surface area contributed by atoms with Crippen LogP contribution >= 0.6 is 0 Å². The molecule has 0 aliphatic heterocycles. The highest BCUT2D eigenvalue weighted by Crippen LogP contribution is 2.29. The summed E-state index contributed by atoms with van der Waals surface area (Å²) in [6.07, 6.45) is 4.27. The second-order valence-corrected chi connectivity index (χ2v) is 6.08. The molecule has 1 amide bonds. The third-order valence-electron chi connectivity index (χ3n) is 4.67. The number of nitrogens with zero attached hydrogens (tertiary/aromatic N) is 1. The van der Waals surface area contributed by atoms with Gasteiger partial charge in [0.15, 0.2) is 0 Å². The number of hydrogen-bond acceptors (Lipinski definition) is 4. The van der Waals surface area contributed by atoms with Gasteiger partial charge >= 0.3 is 0 Å². The van der Waals surface area contributed by atoms with E-state index in [0.29, 0.717) is 23.2 Å². The Bertz CT molecular complexity index is 481. The summed E-state index contributed by atoms with van der Waals surface area (Å²) in [4.78, 5) is 16.8. The van der Waals surface area contributed by atoms with Crippen LogP contribution in [0, 0.1) is 11.8 Å². The van der Waals surface area contributed by atoms with E-state index in [1.165, 1.54) is 12.8 Å². The summed E-state index contributed by atoms with van der Waals surface area (Å²) >= 11 is 0. The molecular formula is C16H26N4O. The van der Waals surface area contributed by atoms with Crippen molar-refractivity contribution in [3.8, 4) is 0 Å². The van der Waals surface area contributed by atoms with E-state index >= 15 is 0 Å². The van der Waals surface area contributed by atoms with Gasteiger partial charge in [-0.2, -0.15) is 0 Å². The van der Waals surface area contributed by atoms with Crippen molar-refractivity contribution < 1.29 is 4.79 Å². The topological polar surface area (TPSA) is 80.0 Å². The normalized spacial score (nSPS) is 25.4. The Balaban J connectivity index is 2.12. The van der Waals surface area contributed by atoms with Gasteiger partial charge in [-0.3, -0.25) is 4.79 Å². The van der Waals surface area contributed by atoms with Crippen LogP contribution < -0.4 is 16.6 Å². The smallest absolute Gasteiger partial charge is 0.251 e. The van der Waals surface area contributed by atoms with Gasteiger partial charge in [0.25, 0.3) is 5.91 Å². The fraction of sp³-hybridized carbons (Fsp3) is 0.625. The highest BCUT2D eigenvalue weighted by Gasteiger charge is 2.28. The number of rotatable bonds is 4. The molecule has 1 saturated carbocycles. The van der Waals surface area contributed by atoms with Gasteiger partial charge in [-0.25, -0.2) is 10.8 Å². The molecular weight excluding hydrogens is 264 g/mol. The van der Waals surface area contributed by atoms with Crippen molar-refractivity contribution in [3.63, 3.8) is 0 Å². The van der Waals surface area contributed by atoms with Crippen molar-refractivity contribution in [1.29, 1.82) is 0 Å². The summed E-state index contributed by atoms with van der Waals surface area (Å²) < 4.78 is 0. The summed E-state index contributed by atoms with van der Waals surface area (Å²) in [6, 6.07) is 3.80. The van der Waals surface area contributed by atoms with E-state index in [4.69, 9.17) is 5.84 Å². The number of hydrazine groups is 1. The van der Waals surface area contributed by atoms with Gasteiger partial charge in [-0.05, 0) is 36.8 Å². The minimum absolute atomic E-state index is 0.0328. The van der Waals surface area contributed by atoms with Crippen molar-refractivity contribution in [3.05, 3.63) is 23.4 Å². The number of nitrogen functional groups attached to an aromatic ring is 1. The molecule has 0 aromatic carbocycles. The van der Waals surface area contributed by atoms with Gasteiger partial charge in [-0.15, -0.1) is 0 Å². The number of amides is 1. The molecule has 0 bridgehead atoms. The third kappa shape index (κ3) is 3.73. The van der Waals surface area contributed by atoms with Crippen LogP contribution in [0.3, 0.4) is 0 Å². The van der Waals surface area contributed by atoms with Crippen LogP contribution in [-0.4, -0.2) is 16.9 Å². The lowest BCUT2D eigenvalue weighted by Gasteiger charge is -2.34. The van der Waals surface area contributed by atoms with E-state index in [-0.39, 0.29) is 11.9 Å². The van der Waals surface area contributed by atoms with Crippen molar-refractivity contribution in [2.45, 2.75) is 52.5 Å². The minimum atomic E-state index is -0.0328. The fourth-order valence-corrected chi connectivity index (χ4v) is 3.01. The standard InChI is InChI=1S/C16H26N4O/c1-4-13-8-12(9-15(18-13)20-17)16(21)19-14-7-5-6-10(2)11(14)3/h8-11,14H,4-7,17H2,1-3H3,(H,18,20)(H,19,21). The minimum Gasteiger partial charge on any atom is -0.349 e. The van der Waals surface area contributed by atoms with Crippen molar-refractivity contribution in [2.75, 3.05) is 5.43 Å². The van der Waals surface area contributed by atoms with E-state index < -0.39 is 0 Å². The zero-order valence-electron chi connectivity index (χ0n) is 13.1. The molecule has 3 unspecified atom stereocenters. The highest BCUT2D eigenvalue weighted by molar-refractivity contribution is 5.95. The average molecular weight is 290 g/mol. The summed E-state index contributed by atoms with van der Waals surface area (Å²) in [6.45, 7) is 6.50. The number of hydrogen-bond donors (Lipinski definition) is 3. The first-order chi connectivity index (χ1) is 10.0. The summed E-state index contributed by atoms with van der Waals surface area (Å²) in [5.74, 6) is 7.10. The van der Waals surface area contributed by atoms with E-state index in [0.717, 1.165) is 18.5 Å². The van der Waals surface area contributed by atoms with Gasteiger partial charge in [0.05, 0.1) is 0 Å². The number of nitrogens with one attached hydrogen (secondary N) is 2. The Kier molecular flexibility index (Phi) is 5.17. The number of aromatic nitrogens is 1. The van der Waals surface area contributed by atoms with Gasteiger partial charge in [0.2, 0.25) is 0 Å². The molecule has 5 heteroatoms. The maximum Gasteiger partial charge on any atom is 0.251 e. The van der Waals surface area contributed by atoms with Crippen molar-refractivity contribution in [2.24, 2.45) is 17.7 Å². The molecule has 4 N–H and O–H groups in total. The average Bonchev–Trinajstić information content (AvgIpc) is 2.51. The Morgan fingerprint density at radius 2 is 2.14 bits per heavy atom. The third-order valence-corrected chi connectivity index (χ3v) is 4.67. The second kappa shape index (κ2) is 6.89. The largest absolute Gasteiger partial charge is 0.349 e. The Morgan fingerprint density at radius 1 is 1.38 bits per heavy atom. The summed E-state index contributed by atoms with van der Waals surface area (Å²) in [7, 11) is 0. The van der Waals surface area contributed by atoms with Crippen LogP contribution in [0.4, 0.5) is 5.82 Å². The molecule has 0 radical (unpaired) electrons. The maximum atomic E-state index is 12.5. The lowest BCUT2D eigenvalue weighted by Crippen LogP contribution is -2.43. The zero-order chi connectivity index (χ0) is 15.4. The summed E-state index contributed by atoms with van der Waals surface area (Å²) in [5.41, 5.74) is 4.01. The van der Waals surface area contributed by atoms with E-state index in [1.54, 1.807) is 6.07 Å². The quantitative estimate of drug-likeness (QED) is 0.588. The predicted octanol–water partition coefficient (Wildman–Crippen LogP) is 2.48. The SMILES string of the molecule is CCc1cc(C(=O)NC2CCCC(C)C2C)cc(NN)n1. The molecule has 0 spiro atoms. The van der Waals surface area contributed by atoms with Gasteiger partial charge in [0, 0.05) is 17.3 Å². The molecule has 2 rings (SSSR count). The van der Waals surface area contributed by atoms with Gasteiger partial charge in [-0.1, -0.05) is 33.6 Å². The fourth-order valence-electron chi connectivity index (χ4n) is 3.01. The molecule has 1 aliphatic rings. The molecule has 1 heterocycles. The molecule has 1 fully saturated rings. The number of carbonyl (C=O) groups excluding carboxylic acids is 1. The zero-order valence-corrected chi connectivity index (χ0v) is 13.1. The lowest BCUT2D eigenvalue weighted by molar-refractivity contribution is 0.0891. The Hall–Kier alpha value is -1.62. The summed E-state index contributed by atoms with van der Waals surface area (Å²) in [5, 5.41) is 3.18. The Labute approximate surface area is 126 Å². The first-order valence-corrected chi connectivity index (χ1v) is 7.83. The van der Waals surface area contributed by atoms with Gasteiger partial charge in [0.1, 0.15) is 5.82 Å². The predicted molar refractivity (Wildman–Crippen MR) is 84.9 cm³/mol. The molecule has 1 aromatic heterocycles.